The van der Waals surface area contributed by atoms with E-state index in [1.54, 1.807) is 19.1 Å². The Labute approximate surface area is 143 Å². The molecule has 2 N–H and O–H groups in total. The molecule has 1 heterocycles. The van der Waals surface area contributed by atoms with Gasteiger partial charge in [0.25, 0.3) is 5.91 Å². The second kappa shape index (κ2) is 6.80. The summed E-state index contributed by atoms with van der Waals surface area (Å²) >= 11 is 1.23. The smallest absolute Gasteiger partial charge is 0.267 e. The molecule has 122 valence electrons. The lowest BCUT2D eigenvalue weighted by Crippen LogP contribution is -2.11. The van der Waals surface area contributed by atoms with Crippen molar-refractivity contribution in [2.45, 2.75) is 13.8 Å². The van der Waals surface area contributed by atoms with Gasteiger partial charge in [0.05, 0.1) is 5.69 Å². The van der Waals surface area contributed by atoms with E-state index < -0.39 is 0 Å². The minimum Gasteiger partial charge on any atom is -0.331 e. The Bertz CT molecular complexity index is 874. The predicted octanol–water partition coefficient (Wildman–Crippen LogP) is 4.89. The third-order valence-corrected chi connectivity index (χ3v) is 4.46. The number of thiazole rings is 1. The summed E-state index contributed by atoms with van der Waals surface area (Å²) in [5.74, 6) is -0.535. The van der Waals surface area contributed by atoms with E-state index in [1.165, 1.54) is 23.5 Å². The molecule has 24 heavy (non-hydrogen) atoms. The Hall–Kier alpha value is -2.73. The molecular weight excluding hydrogens is 325 g/mol. The number of hydrogen-bond acceptors (Lipinski definition) is 4. The highest BCUT2D eigenvalue weighted by molar-refractivity contribution is 7.17. The number of anilines is 3. The van der Waals surface area contributed by atoms with Gasteiger partial charge in [0.2, 0.25) is 0 Å². The SMILES string of the molecule is Cc1ccc(NC(=O)c2sc(Nc3cccc(F)c3)nc2C)cc1. The first-order valence-corrected chi connectivity index (χ1v) is 8.21. The Morgan fingerprint density at radius 2 is 1.83 bits per heavy atom. The number of rotatable bonds is 4. The number of carbonyl (C=O) groups excluding carboxylic acids is 1. The molecule has 0 atom stereocenters. The molecule has 3 rings (SSSR count). The molecule has 0 spiro atoms. The van der Waals surface area contributed by atoms with E-state index in [4.69, 9.17) is 0 Å². The molecule has 0 aliphatic carbocycles. The van der Waals surface area contributed by atoms with Crippen LogP contribution < -0.4 is 10.6 Å². The fraction of sp³-hybridized carbons (Fsp3) is 0.111. The van der Waals surface area contributed by atoms with Crippen molar-refractivity contribution in [3.05, 3.63) is 70.5 Å². The summed E-state index contributed by atoms with van der Waals surface area (Å²) in [5.41, 5.74) is 3.08. The molecule has 0 saturated carbocycles. The highest BCUT2D eigenvalue weighted by Gasteiger charge is 2.15. The summed E-state index contributed by atoms with van der Waals surface area (Å²) in [7, 11) is 0. The molecule has 4 nitrogen and oxygen atoms in total. The van der Waals surface area contributed by atoms with Crippen LogP contribution in [0.25, 0.3) is 0 Å². The number of aryl methyl sites for hydroxylation is 2. The van der Waals surface area contributed by atoms with Gasteiger partial charge >= 0.3 is 0 Å². The molecule has 0 radical (unpaired) electrons. The predicted molar refractivity (Wildman–Crippen MR) is 95.7 cm³/mol. The topological polar surface area (TPSA) is 54.0 Å². The van der Waals surface area contributed by atoms with Crippen LogP contribution in [0.4, 0.5) is 20.9 Å². The summed E-state index contributed by atoms with van der Waals surface area (Å²) in [4.78, 5) is 17.3. The minimum atomic E-state index is -0.328. The Balaban J connectivity index is 1.75. The number of halogens is 1. The van der Waals surface area contributed by atoms with E-state index in [2.05, 4.69) is 15.6 Å². The number of nitrogens with one attached hydrogen (secondary N) is 2. The lowest BCUT2D eigenvalue weighted by Gasteiger charge is -2.04. The zero-order valence-electron chi connectivity index (χ0n) is 13.3. The summed E-state index contributed by atoms with van der Waals surface area (Å²) < 4.78 is 13.2. The van der Waals surface area contributed by atoms with Crippen LogP contribution in [0.15, 0.2) is 48.5 Å². The zero-order chi connectivity index (χ0) is 17.1. The summed E-state index contributed by atoms with van der Waals surface area (Å²) in [6, 6.07) is 13.7. The third kappa shape index (κ3) is 3.78. The largest absolute Gasteiger partial charge is 0.331 e. The van der Waals surface area contributed by atoms with Crippen LogP contribution in [0, 0.1) is 19.7 Å². The molecule has 0 unspecified atom stereocenters. The second-order valence-corrected chi connectivity index (χ2v) is 6.39. The number of carbonyl (C=O) groups is 1. The highest BCUT2D eigenvalue weighted by Crippen LogP contribution is 2.26. The number of benzene rings is 2. The summed E-state index contributed by atoms with van der Waals surface area (Å²) in [5, 5.41) is 6.42. The number of aromatic nitrogens is 1. The van der Waals surface area contributed by atoms with Gasteiger partial charge in [-0.1, -0.05) is 35.1 Å². The Morgan fingerprint density at radius 3 is 2.54 bits per heavy atom. The molecule has 0 bridgehead atoms. The van der Waals surface area contributed by atoms with E-state index >= 15 is 0 Å². The number of nitrogens with zero attached hydrogens (tertiary/aromatic N) is 1. The molecule has 2 aromatic carbocycles. The average molecular weight is 341 g/mol. The van der Waals surface area contributed by atoms with Crippen molar-refractivity contribution >= 4 is 33.8 Å². The maximum Gasteiger partial charge on any atom is 0.267 e. The van der Waals surface area contributed by atoms with E-state index in [-0.39, 0.29) is 11.7 Å². The van der Waals surface area contributed by atoms with Crippen molar-refractivity contribution in [3.8, 4) is 0 Å². The van der Waals surface area contributed by atoms with E-state index in [1.807, 2.05) is 31.2 Å². The first kappa shape index (κ1) is 16.1. The monoisotopic (exact) mass is 341 g/mol. The second-order valence-electron chi connectivity index (χ2n) is 5.39. The van der Waals surface area contributed by atoms with Gasteiger partial charge in [0, 0.05) is 11.4 Å². The van der Waals surface area contributed by atoms with Crippen LogP contribution in [-0.2, 0) is 0 Å². The van der Waals surface area contributed by atoms with Gasteiger partial charge in [-0.05, 0) is 44.2 Å². The number of hydrogen-bond donors (Lipinski definition) is 2. The minimum absolute atomic E-state index is 0.207. The van der Waals surface area contributed by atoms with Crippen LogP contribution in [0.2, 0.25) is 0 Å². The van der Waals surface area contributed by atoms with Crippen molar-refractivity contribution in [1.29, 1.82) is 0 Å². The van der Waals surface area contributed by atoms with Gasteiger partial charge in [0.1, 0.15) is 10.7 Å². The van der Waals surface area contributed by atoms with Crippen molar-refractivity contribution in [2.24, 2.45) is 0 Å². The van der Waals surface area contributed by atoms with Crippen molar-refractivity contribution in [3.63, 3.8) is 0 Å². The summed E-state index contributed by atoms with van der Waals surface area (Å²) in [6.45, 7) is 3.76. The normalized spacial score (nSPS) is 10.5. The van der Waals surface area contributed by atoms with Crippen LogP contribution in [-0.4, -0.2) is 10.9 Å². The highest BCUT2D eigenvalue weighted by atomic mass is 32.1. The van der Waals surface area contributed by atoms with E-state index in [9.17, 15) is 9.18 Å². The maximum atomic E-state index is 13.2. The fourth-order valence-corrected chi connectivity index (χ4v) is 3.06. The molecule has 0 aliphatic heterocycles. The third-order valence-electron chi connectivity index (χ3n) is 3.39. The average Bonchev–Trinajstić information content (AvgIpc) is 2.90. The molecule has 0 saturated heterocycles. The lowest BCUT2D eigenvalue weighted by molar-refractivity contribution is 0.103. The van der Waals surface area contributed by atoms with Crippen LogP contribution in [0.5, 0.6) is 0 Å². The Morgan fingerprint density at radius 1 is 1.08 bits per heavy atom. The van der Waals surface area contributed by atoms with Gasteiger partial charge in [-0.25, -0.2) is 9.37 Å². The van der Waals surface area contributed by atoms with Gasteiger partial charge in [-0.2, -0.15) is 0 Å². The summed E-state index contributed by atoms with van der Waals surface area (Å²) in [6.07, 6.45) is 0. The van der Waals surface area contributed by atoms with Crippen LogP contribution in [0.3, 0.4) is 0 Å². The van der Waals surface area contributed by atoms with Gasteiger partial charge < -0.3 is 10.6 Å². The molecule has 0 aliphatic rings. The standard InChI is InChI=1S/C18H16FN3OS/c1-11-6-8-14(9-7-11)21-17(23)16-12(2)20-18(24-16)22-15-5-3-4-13(19)10-15/h3-10H,1-2H3,(H,20,22)(H,21,23). The first-order valence-electron chi connectivity index (χ1n) is 7.39. The quantitative estimate of drug-likeness (QED) is 0.710. The Kier molecular flexibility index (Phi) is 4.57. The van der Waals surface area contributed by atoms with Gasteiger partial charge in [-0.3, -0.25) is 4.79 Å². The van der Waals surface area contributed by atoms with Crippen LogP contribution in [0.1, 0.15) is 20.9 Å². The first-order chi connectivity index (χ1) is 11.5. The molecule has 0 fully saturated rings. The van der Waals surface area contributed by atoms with E-state index in [0.717, 1.165) is 11.3 Å². The zero-order valence-corrected chi connectivity index (χ0v) is 14.1. The molecule has 1 amide bonds. The maximum absolute atomic E-state index is 13.2. The number of amides is 1. The molecule has 3 aromatic rings. The van der Waals surface area contributed by atoms with Crippen molar-refractivity contribution in [2.75, 3.05) is 10.6 Å². The van der Waals surface area contributed by atoms with Gasteiger partial charge in [-0.15, -0.1) is 0 Å². The van der Waals surface area contributed by atoms with E-state index in [0.29, 0.717) is 21.4 Å². The van der Waals surface area contributed by atoms with Crippen molar-refractivity contribution in [1.82, 2.24) is 4.98 Å². The molecule has 1 aromatic heterocycles. The van der Waals surface area contributed by atoms with Gasteiger partial charge in [0.15, 0.2) is 5.13 Å². The van der Waals surface area contributed by atoms with Crippen LogP contribution >= 0.6 is 11.3 Å². The molecular formula is C18H16FN3OS. The fourth-order valence-electron chi connectivity index (χ4n) is 2.18. The lowest BCUT2D eigenvalue weighted by atomic mass is 10.2. The van der Waals surface area contributed by atoms with Crippen molar-refractivity contribution < 1.29 is 9.18 Å². The molecule has 6 heteroatoms.